The van der Waals surface area contributed by atoms with Gasteiger partial charge in [0.1, 0.15) is 5.25 Å². The molecule has 1 aromatic rings. The molecule has 1 unspecified atom stereocenters. The molecule has 1 aliphatic heterocycles. The van der Waals surface area contributed by atoms with Gasteiger partial charge >= 0.3 is 0 Å². The number of rotatable bonds is 7. The van der Waals surface area contributed by atoms with Crippen LogP contribution >= 0.6 is 11.8 Å². The van der Waals surface area contributed by atoms with Crippen LogP contribution in [0.2, 0.25) is 0 Å². The Morgan fingerprint density at radius 1 is 1.42 bits per heavy atom. The third kappa shape index (κ3) is 5.78. The third-order valence-corrected chi connectivity index (χ3v) is 4.28. The molecule has 0 radical (unpaired) electrons. The minimum atomic E-state index is -0.485. The number of carbonyl (C=O) groups excluding carboxylic acids is 2. The number of hydrogen-bond donors (Lipinski definition) is 2. The molecule has 1 fully saturated rings. The lowest BCUT2D eigenvalue weighted by Gasteiger charge is -2.06. The molecule has 0 spiro atoms. The molecule has 1 aromatic carbocycles. The van der Waals surface area contributed by atoms with Gasteiger partial charge in [0.15, 0.2) is 5.17 Å². The second kappa shape index (κ2) is 9.19. The van der Waals surface area contributed by atoms with Crippen LogP contribution in [0, 0.1) is 6.92 Å². The summed E-state index contributed by atoms with van der Waals surface area (Å²) >= 11 is 1.21. The van der Waals surface area contributed by atoms with Gasteiger partial charge < -0.3 is 15.4 Å². The van der Waals surface area contributed by atoms with Crippen LogP contribution in [0.15, 0.2) is 34.5 Å². The monoisotopic (exact) mass is 348 g/mol. The number of benzene rings is 1. The van der Waals surface area contributed by atoms with Gasteiger partial charge in [-0.25, -0.2) is 0 Å². The Labute approximate surface area is 144 Å². The highest BCUT2D eigenvalue weighted by molar-refractivity contribution is 8.15. The van der Waals surface area contributed by atoms with E-state index in [1.54, 1.807) is 13.3 Å². The number of aryl methyl sites for hydroxylation is 1. The van der Waals surface area contributed by atoms with Crippen molar-refractivity contribution in [3.8, 4) is 0 Å². The molecule has 0 bridgehead atoms. The number of methoxy groups -OCH3 is 1. The van der Waals surface area contributed by atoms with E-state index in [1.165, 1.54) is 17.3 Å². The van der Waals surface area contributed by atoms with Crippen molar-refractivity contribution in [1.29, 1.82) is 0 Å². The fourth-order valence-electron chi connectivity index (χ4n) is 1.92. The largest absolute Gasteiger partial charge is 0.383 e. The number of thioether (sulfide) groups is 1. The molecule has 1 saturated heterocycles. The van der Waals surface area contributed by atoms with E-state index < -0.39 is 5.25 Å². The standard InChI is InChI=1S/C16H20N4O3S/c1-11-3-5-12(6-4-11)10-18-20-16-19-15(22)13(24-16)9-14(21)17-7-8-23-2/h3-6,10,13H,7-9H2,1-2H3,(H,17,21)(H,19,20,22)/b18-10+. The van der Waals surface area contributed by atoms with Crippen LogP contribution in [0.1, 0.15) is 17.5 Å². The van der Waals surface area contributed by atoms with Crippen molar-refractivity contribution in [2.45, 2.75) is 18.6 Å². The van der Waals surface area contributed by atoms with Crippen molar-refractivity contribution >= 4 is 35.0 Å². The molecule has 24 heavy (non-hydrogen) atoms. The van der Waals surface area contributed by atoms with Crippen LogP contribution in [0.25, 0.3) is 0 Å². The SMILES string of the molecule is COCCNC(=O)CC1S/C(=N/N=C/c2ccc(C)cc2)NC1=O. The zero-order chi connectivity index (χ0) is 17.4. The van der Waals surface area contributed by atoms with Crippen molar-refractivity contribution in [3.05, 3.63) is 35.4 Å². The van der Waals surface area contributed by atoms with E-state index in [4.69, 9.17) is 4.74 Å². The van der Waals surface area contributed by atoms with Gasteiger partial charge in [0.05, 0.1) is 12.8 Å². The van der Waals surface area contributed by atoms with Gasteiger partial charge in [-0.15, -0.1) is 5.10 Å². The van der Waals surface area contributed by atoms with Crippen molar-refractivity contribution in [1.82, 2.24) is 10.6 Å². The van der Waals surface area contributed by atoms with E-state index in [1.807, 2.05) is 31.2 Å². The highest BCUT2D eigenvalue weighted by atomic mass is 32.2. The molecule has 1 atom stereocenters. The summed E-state index contributed by atoms with van der Waals surface area (Å²) in [5.74, 6) is -0.421. The number of hydrogen-bond acceptors (Lipinski definition) is 6. The summed E-state index contributed by atoms with van der Waals surface area (Å²) in [4.78, 5) is 23.6. The molecular formula is C16H20N4O3S. The van der Waals surface area contributed by atoms with Gasteiger partial charge in [-0.3, -0.25) is 9.59 Å². The lowest BCUT2D eigenvalue weighted by molar-refractivity contribution is -0.125. The number of ether oxygens (including phenoxy) is 1. The first-order valence-electron chi connectivity index (χ1n) is 7.49. The summed E-state index contributed by atoms with van der Waals surface area (Å²) in [7, 11) is 1.56. The van der Waals surface area contributed by atoms with Crippen LogP contribution in [0.5, 0.6) is 0 Å². The average molecular weight is 348 g/mol. The second-order valence-electron chi connectivity index (χ2n) is 5.20. The van der Waals surface area contributed by atoms with E-state index in [2.05, 4.69) is 20.8 Å². The number of carbonyl (C=O) groups is 2. The Morgan fingerprint density at radius 2 is 2.17 bits per heavy atom. The van der Waals surface area contributed by atoms with Crippen LogP contribution in [0.3, 0.4) is 0 Å². The summed E-state index contributed by atoms with van der Waals surface area (Å²) in [6, 6.07) is 7.84. The molecule has 0 saturated carbocycles. The maximum absolute atomic E-state index is 11.9. The van der Waals surface area contributed by atoms with Crippen molar-refractivity contribution in [3.63, 3.8) is 0 Å². The molecule has 0 aliphatic carbocycles. The Balaban J connectivity index is 1.84. The average Bonchev–Trinajstić information content (AvgIpc) is 2.89. The van der Waals surface area contributed by atoms with E-state index in [9.17, 15) is 9.59 Å². The van der Waals surface area contributed by atoms with Crippen LogP contribution in [-0.4, -0.2) is 48.7 Å². The molecule has 128 valence electrons. The smallest absolute Gasteiger partial charge is 0.240 e. The maximum Gasteiger partial charge on any atom is 0.240 e. The molecule has 0 aromatic heterocycles. The minimum absolute atomic E-state index is 0.0981. The first kappa shape index (κ1) is 18.2. The number of nitrogens with one attached hydrogen (secondary N) is 2. The van der Waals surface area contributed by atoms with Gasteiger partial charge in [0.2, 0.25) is 11.8 Å². The second-order valence-corrected chi connectivity index (χ2v) is 6.39. The lowest BCUT2D eigenvalue weighted by atomic mass is 10.2. The van der Waals surface area contributed by atoms with Crippen molar-refractivity contribution in [2.24, 2.45) is 10.2 Å². The number of nitrogens with zero attached hydrogens (tertiary/aromatic N) is 2. The Hall–Kier alpha value is -2.19. The van der Waals surface area contributed by atoms with Gasteiger partial charge in [0, 0.05) is 20.1 Å². The predicted molar refractivity (Wildman–Crippen MR) is 95.2 cm³/mol. The molecule has 8 heteroatoms. The van der Waals surface area contributed by atoms with Gasteiger partial charge in [-0.2, -0.15) is 5.10 Å². The summed E-state index contributed by atoms with van der Waals surface area (Å²) in [5.41, 5.74) is 2.09. The van der Waals surface area contributed by atoms with Crippen LogP contribution in [0.4, 0.5) is 0 Å². The van der Waals surface area contributed by atoms with Gasteiger partial charge in [-0.05, 0) is 12.5 Å². The number of amidine groups is 1. The molecular weight excluding hydrogens is 328 g/mol. The highest BCUT2D eigenvalue weighted by Gasteiger charge is 2.32. The fraction of sp³-hybridized carbons (Fsp3) is 0.375. The van der Waals surface area contributed by atoms with Crippen molar-refractivity contribution < 1.29 is 14.3 Å². The van der Waals surface area contributed by atoms with Gasteiger partial charge in [-0.1, -0.05) is 41.6 Å². The zero-order valence-electron chi connectivity index (χ0n) is 13.6. The number of amides is 2. The van der Waals surface area contributed by atoms with Gasteiger partial charge in [0.25, 0.3) is 0 Å². The summed E-state index contributed by atoms with van der Waals surface area (Å²) in [6.07, 6.45) is 1.71. The molecule has 2 rings (SSSR count). The normalized spacial score (nSPS) is 19.0. The maximum atomic E-state index is 11.9. The van der Waals surface area contributed by atoms with E-state index in [0.29, 0.717) is 18.3 Å². The topological polar surface area (TPSA) is 92.2 Å². The lowest BCUT2D eigenvalue weighted by Crippen LogP contribution is -2.32. The highest BCUT2D eigenvalue weighted by Crippen LogP contribution is 2.22. The quantitative estimate of drug-likeness (QED) is 0.438. The molecule has 1 heterocycles. The van der Waals surface area contributed by atoms with E-state index in [0.717, 1.165) is 5.56 Å². The minimum Gasteiger partial charge on any atom is -0.383 e. The van der Waals surface area contributed by atoms with Crippen molar-refractivity contribution in [2.75, 3.05) is 20.3 Å². The summed E-state index contributed by atoms with van der Waals surface area (Å²) in [5, 5.41) is 13.2. The summed E-state index contributed by atoms with van der Waals surface area (Å²) in [6.45, 7) is 2.88. The molecule has 2 N–H and O–H groups in total. The Kier molecular flexibility index (Phi) is 6.95. The summed E-state index contributed by atoms with van der Waals surface area (Å²) < 4.78 is 4.85. The van der Waals surface area contributed by atoms with E-state index in [-0.39, 0.29) is 18.2 Å². The first-order chi connectivity index (χ1) is 11.6. The Bertz CT molecular complexity index is 643. The first-order valence-corrected chi connectivity index (χ1v) is 8.37. The molecule has 7 nitrogen and oxygen atoms in total. The van der Waals surface area contributed by atoms with Crippen LogP contribution < -0.4 is 10.6 Å². The predicted octanol–water partition coefficient (Wildman–Crippen LogP) is 1.07. The zero-order valence-corrected chi connectivity index (χ0v) is 14.4. The third-order valence-electron chi connectivity index (χ3n) is 3.21. The van der Waals surface area contributed by atoms with E-state index >= 15 is 0 Å². The molecule has 1 aliphatic rings. The Morgan fingerprint density at radius 3 is 2.88 bits per heavy atom. The fourth-order valence-corrected chi connectivity index (χ4v) is 2.84. The van der Waals surface area contributed by atoms with Crippen LogP contribution in [-0.2, 0) is 14.3 Å². The molecule has 2 amide bonds.